The molecule has 0 saturated heterocycles. The van der Waals surface area contributed by atoms with E-state index < -0.39 is 0 Å². The molecule has 2 rings (SSSR count). The molecule has 1 aliphatic rings. The van der Waals surface area contributed by atoms with E-state index in [0.717, 1.165) is 25.0 Å². The van der Waals surface area contributed by atoms with Gasteiger partial charge in [-0.25, -0.2) is 0 Å². The van der Waals surface area contributed by atoms with Crippen molar-refractivity contribution in [1.82, 2.24) is 5.32 Å². The molecule has 1 aromatic carbocycles. The smallest absolute Gasteiger partial charge is 0.0340 e. The van der Waals surface area contributed by atoms with E-state index in [1.165, 1.54) is 24.9 Å². The molecule has 2 heteroatoms. The van der Waals surface area contributed by atoms with Gasteiger partial charge >= 0.3 is 0 Å². The summed E-state index contributed by atoms with van der Waals surface area (Å²) in [4.78, 5) is 0. The summed E-state index contributed by atoms with van der Waals surface area (Å²) in [6, 6.07) is 11.1. The van der Waals surface area contributed by atoms with Crippen LogP contribution in [0.3, 0.4) is 0 Å². The third kappa shape index (κ3) is 3.24. The molecule has 2 nitrogen and oxygen atoms in total. The molecule has 16 heavy (non-hydrogen) atoms. The summed E-state index contributed by atoms with van der Waals surface area (Å²) >= 11 is 0. The molecule has 1 aromatic rings. The fourth-order valence-electron chi connectivity index (χ4n) is 2.47. The molecule has 2 N–H and O–H groups in total. The van der Waals surface area contributed by atoms with Crippen LogP contribution in [0.1, 0.15) is 26.2 Å². The first-order valence-electron chi connectivity index (χ1n) is 6.38. The van der Waals surface area contributed by atoms with E-state index in [-0.39, 0.29) is 0 Å². The summed E-state index contributed by atoms with van der Waals surface area (Å²) in [5.41, 5.74) is 1.21. The highest BCUT2D eigenvalue weighted by Crippen LogP contribution is 2.24. The first-order valence-corrected chi connectivity index (χ1v) is 6.38. The van der Waals surface area contributed by atoms with E-state index >= 15 is 0 Å². The molecule has 0 amide bonds. The summed E-state index contributed by atoms with van der Waals surface area (Å²) in [6.07, 6.45) is 4.14. The van der Waals surface area contributed by atoms with Crippen molar-refractivity contribution in [1.29, 1.82) is 0 Å². The summed E-state index contributed by atoms with van der Waals surface area (Å²) < 4.78 is 0. The van der Waals surface area contributed by atoms with Gasteiger partial charge in [-0.2, -0.15) is 0 Å². The highest BCUT2D eigenvalue weighted by atomic mass is 15.0. The third-order valence-electron chi connectivity index (χ3n) is 3.50. The zero-order valence-electron chi connectivity index (χ0n) is 10.1. The zero-order valence-corrected chi connectivity index (χ0v) is 10.1. The number of anilines is 1. The van der Waals surface area contributed by atoms with E-state index in [4.69, 9.17) is 0 Å². The predicted octanol–water partition coefficient (Wildman–Crippen LogP) is 2.88. The zero-order chi connectivity index (χ0) is 11.2. The van der Waals surface area contributed by atoms with Crippen molar-refractivity contribution < 1.29 is 0 Å². The number of hydrogen-bond acceptors (Lipinski definition) is 2. The standard InChI is InChI=1S/C14H22N2/c1-12-6-5-9-14(12)16-11-10-15-13-7-3-2-4-8-13/h2-4,7-8,12,14-16H,5-6,9-11H2,1H3. The maximum Gasteiger partial charge on any atom is 0.0340 e. The van der Waals surface area contributed by atoms with Gasteiger partial charge in [0.05, 0.1) is 0 Å². The Hall–Kier alpha value is -1.02. The predicted molar refractivity (Wildman–Crippen MR) is 69.7 cm³/mol. The monoisotopic (exact) mass is 218 g/mol. The van der Waals surface area contributed by atoms with Crippen molar-refractivity contribution in [3.63, 3.8) is 0 Å². The van der Waals surface area contributed by atoms with Gasteiger partial charge in [-0.3, -0.25) is 0 Å². The van der Waals surface area contributed by atoms with E-state index in [1.807, 2.05) is 6.07 Å². The quantitative estimate of drug-likeness (QED) is 0.743. The highest BCUT2D eigenvalue weighted by Gasteiger charge is 2.21. The maximum absolute atomic E-state index is 3.64. The van der Waals surface area contributed by atoms with Crippen LogP contribution < -0.4 is 10.6 Å². The Morgan fingerprint density at radius 1 is 1.12 bits per heavy atom. The molecule has 2 atom stereocenters. The molecule has 0 aromatic heterocycles. The molecule has 1 aliphatic carbocycles. The van der Waals surface area contributed by atoms with Crippen molar-refractivity contribution >= 4 is 5.69 Å². The van der Waals surface area contributed by atoms with Crippen LogP contribution in [0, 0.1) is 5.92 Å². The Morgan fingerprint density at radius 2 is 1.94 bits per heavy atom. The Balaban J connectivity index is 1.62. The number of rotatable bonds is 5. The lowest BCUT2D eigenvalue weighted by Gasteiger charge is -2.17. The third-order valence-corrected chi connectivity index (χ3v) is 3.50. The van der Waals surface area contributed by atoms with Crippen molar-refractivity contribution in [3.8, 4) is 0 Å². The molecule has 0 aliphatic heterocycles. The molecule has 1 saturated carbocycles. The Morgan fingerprint density at radius 3 is 2.62 bits per heavy atom. The second-order valence-corrected chi connectivity index (χ2v) is 4.76. The van der Waals surface area contributed by atoms with Gasteiger partial charge in [0.15, 0.2) is 0 Å². The first kappa shape index (κ1) is 11.5. The molecule has 88 valence electrons. The number of nitrogens with one attached hydrogen (secondary N) is 2. The molecule has 0 heterocycles. The lowest BCUT2D eigenvalue weighted by atomic mass is 10.1. The molecule has 2 unspecified atom stereocenters. The molecule has 0 bridgehead atoms. The lowest BCUT2D eigenvalue weighted by molar-refractivity contribution is 0.434. The minimum absolute atomic E-state index is 0.748. The Bertz CT molecular complexity index is 297. The number of benzene rings is 1. The van der Waals surface area contributed by atoms with Gasteiger partial charge in [0.25, 0.3) is 0 Å². The van der Waals surface area contributed by atoms with Gasteiger partial charge in [-0.1, -0.05) is 31.5 Å². The van der Waals surface area contributed by atoms with Gasteiger partial charge in [-0.05, 0) is 30.9 Å². The van der Waals surface area contributed by atoms with E-state index in [0.29, 0.717) is 0 Å². The summed E-state index contributed by atoms with van der Waals surface area (Å²) in [7, 11) is 0. The number of hydrogen-bond donors (Lipinski definition) is 2. The summed E-state index contributed by atoms with van der Waals surface area (Å²) in [5.74, 6) is 0.858. The van der Waals surface area contributed by atoms with Crippen LogP contribution in [0.2, 0.25) is 0 Å². The Labute approximate surface area is 98.4 Å². The van der Waals surface area contributed by atoms with Gasteiger partial charge in [-0.15, -0.1) is 0 Å². The average Bonchev–Trinajstić information content (AvgIpc) is 2.72. The van der Waals surface area contributed by atoms with Crippen LogP contribution >= 0.6 is 0 Å². The minimum Gasteiger partial charge on any atom is -0.384 e. The minimum atomic E-state index is 0.748. The van der Waals surface area contributed by atoms with Crippen molar-refractivity contribution in [3.05, 3.63) is 30.3 Å². The fourth-order valence-corrected chi connectivity index (χ4v) is 2.47. The van der Waals surface area contributed by atoms with E-state index in [9.17, 15) is 0 Å². The van der Waals surface area contributed by atoms with Crippen LogP contribution in [0.4, 0.5) is 5.69 Å². The Kier molecular flexibility index (Phi) is 4.23. The van der Waals surface area contributed by atoms with Crippen molar-refractivity contribution in [2.45, 2.75) is 32.2 Å². The van der Waals surface area contributed by atoms with Crippen LogP contribution in [-0.4, -0.2) is 19.1 Å². The largest absolute Gasteiger partial charge is 0.384 e. The highest BCUT2D eigenvalue weighted by molar-refractivity contribution is 5.42. The number of para-hydroxylation sites is 1. The maximum atomic E-state index is 3.64. The van der Waals surface area contributed by atoms with Crippen molar-refractivity contribution in [2.75, 3.05) is 18.4 Å². The van der Waals surface area contributed by atoms with Crippen molar-refractivity contribution in [2.24, 2.45) is 5.92 Å². The average molecular weight is 218 g/mol. The topological polar surface area (TPSA) is 24.1 Å². The normalized spacial score (nSPS) is 24.6. The molecule has 0 spiro atoms. The van der Waals surface area contributed by atoms with Crippen LogP contribution in [-0.2, 0) is 0 Å². The van der Waals surface area contributed by atoms with E-state index in [2.05, 4.69) is 41.8 Å². The van der Waals surface area contributed by atoms with Gasteiger partial charge in [0, 0.05) is 24.8 Å². The second kappa shape index (κ2) is 5.90. The van der Waals surface area contributed by atoms with Crippen LogP contribution in [0.15, 0.2) is 30.3 Å². The first-order chi connectivity index (χ1) is 7.86. The molecular weight excluding hydrogens is 196 g/mol. The molecule has 1 fully saturated rings. The molecule has 0 radical (unpaired) electrons. The van der Waals surface area contributed by atoms with Gasteiger partial charge in [0.1, 0.15) is 0 Å². The molecular formula is C14H22N2. The SMILES string of the molecule is CC1CCCC1NCCNc1ccccc1. The summed E-state index contributed by atoms with van der Waals surface area (Å²) in [6.45, 7) is 4.42. The summed E-state index contributed by atoms with van der Waals surface area (Å²) in [5, 5.41) is 7.06. The van der Waals surface area contributed by atoms with Gasteiger partial charge in [0.2, 0.25) is 0 Å². The lowest BCUT2D eigenvalue weighted by Crippen LogP contribution is -2.34. The van der Waals surface area contributed by atoms with Crippen LogP contribution in [0.5, 0.6) is 0 Å². The fraction of sp³-hybridized carbons (Fsp3) is 0.571. The second-order valence-electron chi connectivity index (χ2n) is 4.76. The van der Waals surface area contributed by atoms with Crippen LogP contribution in [0.25, 0.3) is 0 Å². The van der Waals surface area contributed by atoms with E-state index in [1.54, 1.807) is 0 Å². The van der Waals surface area contributed by atoms with Gasteiger partial charge < -0.3 is 10.6 Å².